The Hall–Kier alpha value is -2.34. The second-order valence-corrected chi connectivity index (χ2v) is 7.37. The van der Waals surface area contributed by atoms with Crippen LogP contribution in [0.5, 0.6) is 5.75 Å². The van der Waals surface area contributed by atoms with E-state index in [4.69, 9.17) is 4.74 Å². The molecule has 1 aromatic heterocycles. The van der Waals surface area contributed by atoms with Crippen molar-refractivity contribution in [2.45, 2.75) is 39.3 Å². The molecular formula is C21H25BrN2O3. The van der Waals surface area contributed by atoms with Crippen molar-refractivity contribution in [3.8, 4) is 5.75 Å². The van der Waals surface area contributed by atoms with E-state index in [1.165, 1.54) is 12.1 Å². The Kier molecular flexibility index (Phi) is 8.33. The number of carbonyl (C=O) groups is 1. The normalized spacial score (nSPS) is 11.1. The molecule has 2 rings (SSSR count). The number of unbranched alkanes of at least 4 members (excludes halogenated alkanes) is 1. The van der Waals surface area contributed by atoms with Crippen LogP contribution in [0.3, 0.4) is 0 Å². The van der Waals surface area contributed by atoms with Gasteiger partial charge in [0.05, 0.1) is 6.10 Å². The molecule has 2 aromatic rings. The first-order valence-electron chi connectivity index (χ1n) is 9.02. The van der Waals surface area contributed by atoms with Crippen molar-refractivity contribution < 1.29 is 9.53 Å². The van der Waals surface area contributed by atoms with Gasteiger partial charge in [0.1, 0.15) is 5.75 Å². The van der Waals surface area contributed by atoms with Gasteiger partial charge in [-0.2, -0.15) is 0 Å². The highest BCUT2D eigenvalue weighted by Crippen LogP contribution is 2.15. The number of pyridine rings is 1. The Morgan fingerprint density at radius 2 is 2.07 bits per heavy atom. The van der Waals surface area contributed by atoms with Crippen LogP contribution in [0.2, 0.25) is 0 Å². The van der Waals surface area contributed by atoms with Gasteiger partial charge in [-0.15, -0.1) is 0 Å². The number of nitrogens with one attached hydrogen (secondary N) is 1. The van der Waals surface area contributed by atoms with Crippen molar-refractivity contribution in [3.05, 3.63) is 69.1 Å². The third kappa shape index (κ3) is 7.83. The monoisotopic (exact) mass is 432 g/mol. The fourth-order valence-electron chi connectivity index (χ4n) is 2.49. The number of aryl methyl sites for hydroxylation is 1. The highest BCUT2D eigenvalue weighted by Gasteiger charge is 2.00. The van der Waals surface area contributed by atoms with Crippen LogP contribution in [0, 0.1) is 0 Å². The third-order valence-electron chi connectivity index (χ3n) is 3.73. The van der Waals surface area contributed by atoms with Crippen LogP contribution < -0.4 is 15.6 Å². The molecule has 1 amide bonds. The van der Waals surface area contributed by atoms with Gasteiger partial charge in [0.25, 0.3) is 5.56 Å². The van der Waals surface area contributed by atoms with E-state index < -0.39 is 0 Å². The Labute approximate surface area is 168 Å². The zero-order valence-electron chi connectivity index (χ0n) is 15.7. The maximum Gasteiger partial charge on any atom is 0.250 e. The van der Waals surface area contributed by atoms with Crippen molar-refractivity contribution >= 4 is 27.9 Å². The molecule has 0 aliphatic rings. The zero-order valence-corrected chi connectivity index (χ0v) is 17.2. The van der Waals surface area contributed by atoms with Crippen LogP contribution in [-0.2, 0) is 11.3 Å². The summed E-state index contributed by atoms with van der Waals surface area (Å²) in [6.07, 6.45) is 6.79. The maximum atomic E-state index is 11.9. The Balaban J connectivity index is 1.72. The summed E-state index contributed by atoms with van der Waals surface area (Å²) in [6, 6.07) is 10.9. The lowest BCUT2D eigenvalue weighted by atomic mass is 10.2. The lowest BCUT2D eigenvalue weighted by molar-refractivity contribution is -0.116. The first-order valence-corrected chi connectivity index (χ1v) is 9.82. The topological polar surface area (TPSA) is 60.3 Å². The molecule has 0 saturated carbocycles. The molecule has 6 heteroatoms. The number of rotatable bonds is 9. The first-order chi connectivity index (χ1) is 12.9. The minimum atomic E-state index is -0.134. The summed E-state index contributed by atoms with van der Waals surface area (Å²) < 4.78 is 8.19. The fraction of sp³-hybridized carbons (Fsp3) is 0.333. The lowest BCUT2D eigenvalue weighted by Crippen LogP contribution is -2.23. The number of amides is 1. The number of ether oxygens (including phenoxy) is 1. The largest absolute Gasteiger partial charge is 0.491 e. The quantitative estimate of drug-likeness (QED) is 0.480. The number of carbonyl (C=O) groups excluding carboxylic acids is 1. The number of hydrogen-bond acceptors (Lipinski definition) is 3. The van der Waals surface area contributed by atoms with Gasteiger partial charge in [-0.25, -0.2) is 0 Å². The maximum absolute atomic E-state index is 11.9. The summed E-state index contributed by atoms with van der Waals surface area (Å²) in [4.78, 5) is 23.6. The van der Waals surface area contributed by atoms with Gasteiger partial charge in [0.2, 0.25) is 5.91 Å². The highest BCUT2D eigenvalue weighted by molar-refractivity contribution is 9.10. The molecule has 0 fully saturated rings. The number of nitrogens with zero attached hydrogens (tertiary/aromatic N) is 1. The Morgan fingerprint density at radius 3 is 2.85 bits per heavy atom. The molecule has 0 bridgehead atoms. The van der Waals surface area contributed by atoms with Crippen molar-refractivity contribution in [1.82, 2.24) is 9.88 Å². The predicted molar refractivity (Wildman–Crippen MR) is 112 cm³/mol. The number of aromatic nitrogens is 1. The fourth-order valence-corrected chi connectivity index (χ4v) is 2.87. The van der Waals surface area contributed by atoms with E-state index >= 15 is 0 Å². The summed E-state index contributed by atoms with van der Waals surface area (Å²) in [5.41, 5.74) is 0.895. The SMILES string of the molecule is CC(C)Oc1cccc(/C=C/C(=O)NCCCCn2cc(Br)ccc2=O)c1. The van der Waals surface area contributed by atoms with Gasteiger partial charge in [-0.05, 0) is 72.5 Å². The summed E-state index contributed by atoms with van der Waals surface area (Å²) in [7, 11) is 0. The first kappa shape index (κ1) is 21.0. The molecular weight excluding hydrogens is 408 g/mol. The van der Waals surface area contributed by atoms with Gasteiger partial charge < -0.3 is 14.6 Å². The standard InChI is InChI=1S/C21H25BrN2O3/c1-16(2)27-19-7-5-6-17(14-19)8-10-20(25)23-12-3-4-13-24-15-18(22)9-11-21(24)26/h5-11,14-16H,3-4,12-13H2,1-2H3,(H,23,25)/b10-8+. The zero-order chi connectivity index (χ0) is 19.6. The van der Waals surface area contributed by atoms with Crippen LogP contribution in [0.25, 0.3) is 6.08 Å². The van der Waals surface area contributed by atoms with E-state index in [0.29, 0.717) is 13.1 Å². The minimum Gasteiger partial charge on any atom is -0.491 e. The lowest BCUT2D eigenvalue weighted by Gasteiger charge is -2.09. The predicted octanol–water partition coefficient (Wildman–Crippen LogP) is 4.01. The molecule has 1 N–H and O–H groups in total. The molecule has 0 spiro atoms. The molecule has 144 valence electrons. The molecule has 1 aromatic carbocycles. The summed E-state index contributed by atoms with van der Waals surface area (Å²) >= 11 is 3.36. The second kappa shape index (κ2) is 10.7. The van der Waals surface area contributed by atoms with E-state index in [-0.39, 0.29) is 17.6 Å². The molecule has 0 unspecified atom stereocenters. The summed E-state index contributed by atoms with van der Waals surface area (Å²) in [5.74, 6) is 0.653. The second-order valence-electron chi connectivity index (χ2n) is 6.45. The molecule has 1 heterocycles. The van der Waals surface area contributed by atoms with E-state index in [1.54, 1.807) is 22.9 Å². The van der Waals surface area contributed by atoms with Gasteiger partial charge in [0, 0.05) is 35.9 Å². The molecule has 0 aliphatic carbocycles. The highest BCUT2D eigenvalue weighted by atomic mass is 79.9. The van der Waals surface area contributed by atoms with E-state index in [9.17, 15) is 9.59 Å². The van der Waals surface area contributed by atoms with Crippen LogP contribution in [0.1, 0.15) is 32.3 Å². The smallest absolute Gasteiger partial charge is 0.250 e. The van der Waals surface area contributed by atoms with E-state index in [1.807, 2.05) is 38.1 Å². The summed E-state index contributed by atoms with van der Waals surface area (Å²) in [6.45, 7) is 5.15. The van der Waals surface area contributed by atoms with Gasteiger partial charge in [-0.1, -0.05) is 12.1 Å². The molecule has 0 aliphatic heterocycles. The average Bonchev–Trinajstić information content (AvgIpc) is 2.62. The van der Waals surface area contributed by atoms with E-state index in [0.717, 1.165) is 28.6 Å². The van der Waals surface area contributed by atoms with Gasteiger partial charge in [-0.3, -0.25) is 9.59 Å². The Bertz CT molecular complexity index is 843. The van der Waals surface area contributed by atoms with Crippen LogP contribution >= 0.6 is 15.9 Å². The third-order valence-corrected chi connectivity index (χ3v) is 4.20. The summed E-state index contributed by atoms with van der Waals surface area (Å²) in [5, 5.41) is 2.86. The minimum absolute atomic E-state index is 0.0196. The van der Waals surface area contributed by atoms with Crippen LogP contribution in [0.4, 0.5) is 0 Å². The van der Waals surface area contributed by atoms with Gasteiger partial charge >= 0.3 is 0 Å². The van der Waals surface area contributed by atoms with Crippen molar-refractivity contribution in [2.24, 2.45) is 0 Å². The van der Waals surface area contributed by atoms with Crippen LogP contribution in [-0.4, -0.2) is 23.1 Å². The molecule has 0 saturated heterocycles. The number of benzene rings is 1. The number of halogens is 1. The average molecular weight is 433 g/mol. The molecule has 5 nitrogen and oxygen atoms in total. The molecule has 27 heavy (non-hydrogen) atoms. The van der Waals surface area contributed by atoms with Gasteiger partial charge in [0.15, 0.2) is 0 Å². The van der Waals surface area contributed by atoms with Crippen molar-refractivity contribution in [1.29, 1.82) is 0 Å². The molecule has 0 radical (unpaired) electrons. The van der Waals surface area contributed by atoms with Crippen molar-refractivity contribution in [2.75, 3.05) is 6.54 Å². The number of hydrogen-bond donors (Lipinski definition) is 1. The Morgan fingerprint density at radius 1 is 1.26 bits per heavy atom. The molecule has 0 atom stereocenters. The van der Waals surface area contributed by atoms with Crippen molar-refractivity contribution in [3.63, 3.8) is 0 Å². The van der Waals surface area contributed by atoms with E-state index in [2.05, 4.69) is 21.2 Å². The van der Waals surface area contributed by atoms with Crippen LogP contribution in [0.15, 0.2) is 57.9 Å².